The second kappa shape index (κ2) is 4.90. The van der Waals surface area contributed by atoms with Crippen LogP contribution in [0.3, 0.4) is 0 Å². The quantitative estimate of drug-likeness (QED) is 0.764. The molecule has 4 heteroatoms. The van der Waals surface area contributed by atoms with E-state index in [9.17, 15) is 0 Å². The summed E-state index contributed by atoms with van der Waals surface area (Å²) in [4.78, 5) is 4.04. The van der Waals surface area contributed by atoms with Gasteiger partial charge in [0.1, 0.15) is 11.5 Å². The molecule has 0 aliphatic carbocycles. The third-order valence-electron chi connectivity index (χ3n) is 2.15. The summed E-state index contributed by atoms with van der Waals surface area (Å²) in [7, 11) is 1.56. The van der Waals surface area contributed by atoms with E-state index in [1.54, 1.807) is 19.5 Å². The van der Waals surface area contributed by atoms with Crippen molar-refractivity contribution < 1.29 is 9.15 Å². The Morgan fingerprint density at radius 3 is 3.00 bits per heavy atom. The Bertz CT molecular complexity index is 479. The largest absolute Gasteiger partial charge is 0.490 e. The number of hydrogen-bond donors (Lipinski definition) is 0. The normalized spacial score (nSPS) is 10.1. The first kappa shape index (κ1) is 10.8. The fourth-order valence-corrected chi connectivity index (χ4v) is 1.49. The highest BCUT2D eigenvalue weighted by Gasteiger charge is 2.06. The molecule has 0 fully saturated rings. The lowest BCUT2D eigenvalue weighted by Gasteiger charge is -1.98. The monoisotopic (exact) mass is 233 g/mol. The van der Waals surface area contributed by atoms with Crippen LogP contribution in [0.2, 0.25) is 0 Å². The standard InChI is InChI=1S/C12H11NO2S/c1-14-12(16)7-10-4-5-11(15-10)9-3-2-6-13-8-9/h2-6,8H,7H2,1H3. The second-order valence-electron chi connectivity index (χ2n) is 3.26. The first-order chi connectivity index (χ1) is 7.79. The first-order valence-electron chi connectivity index (χ1n) is 4.85. The van der Waals surface area contributed by atoms with Gasteiger partial charge < -0.3 is 9.15 Å². The summed E-state index contributed by atoms with van der Waals surface area (Å²) in [5.74, 6) is 1.59. The van der Waals surface area contributed by atoms with E-state index in [-0.39, 0.29) is 0 Å². The van der Waals surface area contributed by atoms with Gasteiger partial charge in [0.2, 0.25) is 0 Å². The molecule has 0 aliphatic rings. The van der Waals surface area contributed by atoms with E-state index < -0.39 is 0 Å². The number of ether oxygens (including phenoxy) is 1. The Morgan fingerprint density at radius 1 is 1.44 bits per heavy atom. The third-order valence-corrected chi connectivity index (χ3v) is 2.46. The lowest BCUT2D eigenvalue weighted by Crippen LogP contribution is -2.00. The van der Waals surface area contributed by atoms with E-state index >= 15 is 0 Å². The van der Waals surface area contributed by atoms with Crippen LogP contribution in [0, 0.1) is 0 Å². The van der Waals surface area contributed by atoms with Crippen molar-refractivity contribution in [2.45, 2.75) is 6.42 Å². The summed E-state index contributed by atoms with van der Waals surface area (Å²) in [6.07, 6.45) is 4.01. The SMILES string of the molecule is COC(=S)Cc1ccc(-c2cccnc2)o1. The molecule has 2 aromatic heterocycles. The molecule has 0 atom stereocenters. The predicted octanol–water partition coefficient (Wildman–Crippen LogP) is 2.86. The second-order valence-corrected chi connectivity index (χ2v) is 3.72. The molecule has 0 spiro atoms. The van der Waals surface area contributed by atoms with Gasteiger partial charge >= 0.3 is 0 Å². The Labute approximate surface area is 99.1 Å². The van der Waals surface area contributed by atoms with Gasteiger partial charge in [-0.3, -0.25) is 4.98 Å². The maximum absolute atomic E-state index is 5.63. The zero-order valence-corrected chi connectivity index (χ0v) is 9.66. The molecule has 2 aromatic rings. The van der Waals surface area contributed by atoms with Crippen LogP contribution in [0.15, 0.2) is 41.1 Å². The Hall–Kier alpha value is -1.68. The smallest absolute Gasteiger partial charge is 0.166 e. The van der Waals surface area contributed by atoms with Crippen molar-refractivity contribution >= 4 is 17.3 Å². The summed E-state index contributed by atoms with van der Waals surface area (Å²) in [6.45, 7) is 0. The molecule has 82 valence electrons. The molecule has 0 saturated heterocycles. The number of thiocarbonyl (C=S) groups is 1. The van der Waals surface area contributed by atoms with Crippen LogP contribution >= 0.6 is 12.2 Å². The summed E-state index contributed by atoms with van der Waals surface area (Å²) in [6, 6.07) is 7.62. The van der Waals surface area contributed by atoms with Crippen LogP contribution in [0.25, 0.3) is 11.3 Å². The molecule has 3 nitrogen and oxygen atoms in total. The minimum Gasteiger partial charge on any atom is -0.490 e. The molecular formula is C12H11NO2S. The van der Waals surface area contributed by atoms with Gasteiger partial charge in [0.25, 0.3) is 0 Å². The number of hydrogen-bond acceptors (Lipinski definition) is 4. The Morgan fingerprint density at radius 2 is 2.31 bits per heavy atom. The topological polar surface area (TPSA) is 35.3 Å². The minimum atomic E-state index is 0.520. The van der Waals surface area contributed by atoms with Crippen LogP contribution in [-0.2, 0) is 11.2 Å². The molecule has 0 aliphatic heterocycles. The average Bonchev–Trinajstić information content (AvgIpc) is 2.78. The molecule has 0 bridgehead atoms. The van der Waals surface area contributed by atoms with Gasteiger partial charge in [0.05, 0.1) is 13.5 Å². The Kier molecular flexibility index (Phi) is 3.31. The molecule has 0 unspecified atom stereocenters. The van der Waals surface area contributed by atoms with E-state index in [2.05, 4.69) is 4.98 Å². The number of nitrogens with zero attached hydrogens (tertiary/aromatic N) is 1. The van der Waals surface area contributed by atoms with Crippen molar-refractivity contribution in [3.8, 4) is 11.3 Å². The van der Waals surface area contributed by atoms with Gasteiger partial charge in [-0.05, 0) is 36.5 Å². The fourth-order valence-electron chi connectivity index (χ4n) is 1.35. The van der Waals surface area contributed by atoms with E-state index in [4.69, 9.17) is 21.4 Å². The summed E-state index contributed by atoms with van der Waals surface area (Å²) < 4.78 is 10.6. The fraction of sp³-hybridized carbons (Fsp3) is 0.167. The molecule has 0 aromatic carbocycles. The lowest BCUT2D eigenvalue weighted by molar-refractivity contribution is 0.399. The number of aromatic nitrogens is 1. The van der Waals surface area contributed by atoms with Gasteiger partial charge in [-0.1, -0.05) is 0 Å². The molecule has 0 amide bonds. The van der Waals surface area contributed by atoms with Gasteiger partial charge in [0.15, 0.2) is 5.05 Å². The van der Waals surface area contributed by atoms with Crippen LogP contribution < -0.4 is 0 Å². The highest BCUT2D eigenvalue weighted by Crippen LogP contribution is 2.21. The molecule has 0 saturated carbocycles. The predicted molar refractivity (Wildman–Crippen MR) is 65.3 cm³/mol. The van der Waals surface area contributed by atoms with Crippen LogP contribution in [0.4, 0.5) is 0 Å². The number of rotatable bonds is 3. The third kappa shape index (κ3) is 2.46. The van der Waals surface area contributed by atoms with E-state index in [0.717, 1.165) is 17.1 Å². The van der Waals surface area contributed by atoms with Crippen LogP contribution in [0.1, 0.15) is 5.76 Å². The van der Waals surface area contributed by atoms with Crippen molar-refractivity contribution in [1.82, 2.24) is 4.98 Å². The van der Waals surface area contributed by atoms with E-state index in [0.29, 0.717) is 11.5 Å². The average molecular weight is 233 g/mol. The minimum absolute atomic E-state index is 0.520. The first-order valence-corrected chi connectivity index (χ1v) is 5.26. The van der Waals surface area contributed by atoms with Gasteiger partial charge in [0, 0.05) is 18.0 Å². The highest BCUT2D eigenvalue weighted by molar-refractivity contribution is 7.80. The van der Waals surface area contributed by atoms with Crippen molar-refractivity contribution in [3.05, 3.63) is 42.4 Å². The van der Waals surface area contributed by atoms with Gasteiger partial charge in [-0.25, -0.2) is 0 Å². The number of pyridine rings is 1. The van der Waals surface area contributed by atoms with Crippen LogP contribution in [-0.4, -0.2) is 17.1 Å². The molecular weight excluding hydrogens is 222 g/mol. The van der Waals surface area contributed by atoms with Crippen molar-refractivity contribution in [2.24, 2.45) is 0 Å². The maximum Gasteiger partial charge on any atom is 0.166 e. The summed E-state index contributed by atoms with van der Waals surface area (Å²) >= 11 is 4.97. The van der Waals surface area contributed by atoms with Gasteiger partial charge in [-0.2, -0.15) is 0 Å². The molecule has 16 heavy (non-hydrogen) atoms. The molecule has 0 radical (unpaired) electrons. The summed E-state index contributed by atoms with van der Waals surface area (Å²) in [5, 5.41) is 0.520. The zero-order chi connectivity index (χ0) is 11.4. The highest BCUT2D eigenvalue weighted by atomic mass is 32.1. The molecule has 0 N–H and O–H groups in total. The Balaban J connectivity index is 2.17. The zero-order valence-electron chi connectivity index (χ0n) is 8.84. The lowest BCUT2D eigenvalue weighted by atomic mass is 10.2. The van der Waals surface area contributed by atoms with Crippen molar-refractivity contribution in [1.29, 1.82) is 0 Å². The number of methoxy groups -OCH3 is 1. The van der Waals surface area contributed by atoms with Crippen molar-refractivity contribution in [2.75, 3.05) is 7.11 Å². The van der Waals surface area contributed by atoms with Crippen LogP contribution in [0.5, 0.6) is 0 Å². The van der Waals surface area contributed by atoms with Crippen molar-refractivity contribution in [3.63, 3.8) is 0 Å². The molecule has 2 rings (SSSR count). The molecule has 2 heterocycles. The number of furan rings is 1. The van der Waals surface area contributed by atoms with E-state index in [1.807, 2.05) is 24.3 Å². The van der Waals surface area contributed by atoms with Gasteiger partial charge in [-0.15, -0.1) is 0 Å². The van der Waals surface area contributed by atoms with E-state index in [1.165, 1.54) is 0 Å². The summed E-state index contributed by atoms with van der Waals surface area (Å²) in [5.41, 5.74) is 0.956. The maximum atomic E-state index is 5.63.